The van der Waals surface area contributed by atoms with Crippen molar-refractivity contribution < 1.29 is 23.9 Å². The van der Waals surface area contributed by atoms with Crippen LogP contribution in [-0.2, 0) is 16.1 Å². The summed E-state index contributed by atoms with van der Waals surface area (Å²) in [4.78, 5) is 43.2. The Morgan fingerprint density at radius 1 is 1.22 bits per heavy atom. The smallest absolute Gasteiger partial charge is 0.332 e. The Bertz CT molecular complexity index is 1180. The molecule has 2 aromatic rings. The Labute approximate surface area is 185 Å². The third kappa shape index (κ3) is 4.15. The number of nitrogens with zero attached hydrogens (tertiary/aromatic N) is 3. The lowest BCUT2D eigenvalue weighted by Crippen LogP contribution is -2.43. The highest BCUT2D eigenvalue weighted by Crippen LogP contribution is 2.35. The number of amides is 3. The van der Waals surface area contributed by atoms with Crippen LogP contribution < -0.4 is 4.90 Å². The maximum absolute atomic E-state index is 14.7. The molecule has 0 unspecified atom stereocenters. The summed E-state index contributed by atoms with van der Waals surface area (Å²) in [6.07, 6.45) is 2.54. The van der Waals surface area contributed by atoms with Gasteiger partial charge < -0.3 is 10.0 Å². The van der Waals surface area contributed by atoms with Crippen LogP contribution >= 0.6 is 0 Å². The number of hydrogen-bond donors (Lipinski definition) is 1. The molecule has 0 spiro atoms. The number of rotatable bonds is 6. The Morgan fingerprint density at radius 3 is 2.53 bits per heavy atom. The molecule has 1 fully saturated rings. The second-order valence-corrected chi connectivity index (χ2v) is 7.96. The Hall–Kier alpha value is -3.83. The lowest BCUT2D eigenvalue weighted by atomic mass is 10.0. The Balaban J connectivity index is 1.89. The van der Waals surface area contributed by atoms with Crippen molar-refractivity contribution in [2.45, 2.75) is 32.9 Å². The maximum Gasteiger partial charge on any atom is 0.332 e. The monoisotopic (exact) mass is 435 g/mol. The van der Waals surface area contributed by atoms with Crippen LogP contribution in [-0.4, -0.2) is 39.9 Å². The summed E-state index contributed by atoms with van der Waals surface area (Å²) in [6, 6.07) is 8.43. The Kier molecular flexibility index (Phi) is 6.23. The lowest BCUT2D eigenvalue weighted by Gasteiger charge is -2.27. The largest absolute Gasteiger partial charge is 0.388 e. The molecule has 3 rings (SSSR count). The second-order valence-electron chi connectivity index (χ2n) is 7.96. The van der Waals surface area contributed by atoms with Gasteiger partial charge in [0.1, 0.15) is 18.0 Å². The second kappa shape index (κ2) is 8.73. The maximum atomic E-state index is 14.7. The van der Waals surface area contributed by atoms with Gasteiger partial charge in [0, 0.05) is 5.56 Å². The van der Waals surface area contributed by atoms with E-state index < -0.39 is 35.7 Å². The highest BCUT2D eigenvalue weighted by molar-refractivity contribution is 6.23. The number of urea groups is 1. The van der Waals surface area contributed by atoms with E-state index in [4.69, 9.17) is 11.7 Å². The summed E-state index contributed by atoms with van der Waals surface area (Å²) in [5.74, 6) is -1.53. The first kappa shape index (κ1) is 22.8. The van der Waals surface area contributed by atoms with Gasteiger partial charge in [-0.1, -0.05) is 24.3 Å². The number of aliphatic hydroxyl groups is 1. The molecule has 3 amide bonds. The number of imide groups is 1. The molecule has 7 nitrogen and oxygen atoms in total. The molecule has 2 aromatic carbocycles. The fourth-order valence-corrected chi connectivity index (χ4v) is 3.44. The molecule has 8 heteroatoms. The van der Waals surface area contributed by atoms with Crippen LogP contribution in [0.15, 0.2) is 42.5 Å². The first-order valence-electron chi connectivity index (χ1n) is 9.84. The first-order chi connectivity index (χ1) is 15.1. The standard InChI is InChI=1S/C24H22FN3O4/c1-15-11-18(8-10-21(15)26-4)28-22(31)24(2,3)27(23(28)32)13-17-7-5-16(12-20(17)25)6-9-19(30)14-29/h5-12,29H,13-14H2,1-3H3/b9-6+. The molecule has 0 atom stereocenters. The van der Waals surface area contributed by atoms with Crippen LogP contribution in [0.5, 0.6) is 0 Å². The van der Waals surface area contributed by atoms with Gasteiger partial charge >= 0.3 is 6.03 Å². The molecular formula is C24H22FN3O4. The van der Waals surface area contributed by atoms with E-state index in [9.17, 15) is 18.8 Å². The highest BCUT2D eigenvalue weighted by atomic mass is 19.1. The number of anilines is 1. The zero-order valence-electron chi connectivity index (χ0n) is 17.9. The molecule has 0 saturated carbocycles. The average Bonchev–Trinajstić information content (AvgIpc) is 2.92. The van der Waals surface area contributed by atoms with Crippen LogP contribution in [0.2, 0.25) is 0 Å². The predicted octanol–water partition coefficient (Wildman–Crippen LogP) is 4.01. The zero-order chi connectivity index (χ0) is 23.6. The fourth-order valence-electron chi connectivity index (χ4n) is 3.44. The normalized spacial score (nSPS) is 15.5. The number of ketones is 1. The summed E-state index contributed by atoms with van der Waals surface area (Å²) in [6.45, 7) is 11.3. The summed E-state index contributed by atoms with van der Waals surface area (Å²) in [5, 5.41) is 8.75. The minimum Gasteiger partial charge on any atom is -0.388 e. The van der Waals surface area contributed by atoms with Gasteiger partial charge in [-0.25, -0.2) is 18.9 Å². The highest BCUT2D eigenvalue weighted by Gasteiger charge is 2.51. The van der Waals surface area contributed by atoms with Crippen molar-refractivity contribution in [2.75, 3.05) is 11.5 Å². The van der Waals surface area contributed by atoms with Crippen molar-refractivity contribution >= 4 is 35.2 Å². The molecule has 1 aliphatic rings. The molecule has 1 heterocycles. The van der Waals surface area contributed by atoms with Gasteiger partial charge in [0.2, 0.25) is 0 Å². The average molecular weight is 435 g/mol. The molecule has 32 heavy (non-hydrogen) atoms. The van der Waals surface area contributed by atoms with Crippen LogP contribution in [0.1, 0.15) is 30.5 Å². The molecular weight excluding hydrogens is 413 g/mol. The van der Waals surface area contributed by atoms with Gasteiger partial charge in [0.15, 0.2) is 11.5 Å². The van der Waals surface area contributed by atoms with E-state index in [1.807, 2.05) is 0 Å². The molecule has 164 valence electrons. The van der Waals surface area contributed by atoms with Gasteiger partial charge in [0.05, 0.1) is 18.8 Å². The first-order valence-corrected chi connectivity index (χ1v) is 9.84. The number of aliphatic hydroxyl groups excluding tert-OH is 1. The fraction of sp³-hybridized carbons (Fsp3) is 0.250. The van der Waals surface area contributed by atoms with Gasteiger partial charge in [-0.05, 0) is 56.2 Å². The van der Waals surface area contributed by atoms with Gasteiger partial charge in [-0.3, -0.25) is 9.59 Å². The number of benzene rings is 2. The van der Waals surface area contributed by atoms with Crippen LogP contribution in [0.25, 0.3) is 10.9 Å². The van der Waals surface area contributed by atoms with Gasteiger partial charge in [0.25, 0.3) is 5.91 Å². The van der Waals surface area contributed by atoms with E-state index in [1.54, 1.807) is 45.0 Å². The van der Waals surface area contributed by atoms with Crippen molar-refractivity contribution in [1.29, 1.82) is 0 Å². The lowest BCUT2D eigenvalue weighted by molar-refractivity contribution is -0.123. The van der Waals surface area contributed by atoms with Crippen molar-refractivity contribution in [2.24, 2.45) is 0 Å². The quantitative estimate of drug-likeness (QED) is 0.422. The molecule has 1 saturated heterocycles. The topological polar surface area (TPSA) is 82.3 Å². The van der Waals surface area contributed by atoms with Crippen molar-refractivity contribution in [1.82, 2.24) is 4.90 Å². The number of carbonyl (C=O) groups is 3. The number of carbonyl (C=O) groups excluding carboxylic acids is 3. The van der Waals surface area contributed by atoms with E-state index in [2.05, 4.69) is 4.85 Å². The van der Waals surface area contributed by atoms with E-state index in [0.29, 0.717) is 22.5 Å². The summed E-state index contributed by atoms with van der Waals surface area (Å²) < 4.78 is 14.7. The third-order valence-electron chi connectivity index (χ3n) is 5.41. The summed E-state index contributed by atoms with van der Waals surface area (Å²) >= 11 is 0. The number of halogens is 1. The predicted molar refractivity (Wildman–Crippen MR) is 117 cm³/mol. The van der Waals surface area contributed by atoms with Crippen molar-refractivity contribution in [3.8, 4) is 0 Å². The van der Waals surface area contributed by atoms with Crippen LogP contribution in [0.3, 0.4) is 0 Å². The van der Waals surface area contributed by atoms with Crippen LogP contribution in [0, 0.1) is 19.3 Å². The van der Waals surface area contributed by atoms with Gasteiger partial charge in [-0.2, -0.15) is 0 Å². The van der Waals surface area contributed by atoms with E-state index in [-0.39, 0.29) is 12.1 Å². The summed E-state index contributed by atoms with van der Waals surface area (Å²) in [5.41, 5.74) is 0.862. The van der Waals surface area contributed by atoms with Crippen molar-refractivity contribution in [3.63, 3.8) is 0 Å². The summed E-state index contributed by atoms with van der Waals surface area (Å²) in [7, 11) is 0. The van der Waals surface area contributed by atoms with E-state index in [1.165, 1.54) is 23.1 Å². The minimum atomic E-state index is -1.21. The number of aryl methyl sites for hydroxylation is 1. The molecule has 1 aliphatic heterocycles. The molecule has 1 N–H and O–H groups in total. The SMILES string of the molecule is [C-]#[N+]c1ccc(N2C(=O)N(Cc3ccc(/C=C/C(=O)CO)cc3F)C(C)(C)C2=O)cc1C. The Morgan fingerprint density at radius 2 is 1.94 bits per heavy atom. The molecule has 0 aliphatic carbocycles. The van der Waals surface area contributed by atoms with E-state index >= 15 is 0 Å². The number of hydrogen-bond acceptors (Lipinski definition) is 4. The van der Waals surface area contributed by atoms with E-state index in [0.717, 1.165) is 11.0 Å². The zero-order valence-corrected chi connectivity index (χ0v) is 17.9. The third-order valence-corrected chi connectivity index (χ3v) is 5.41. The minimum absolute atomic E-state index is 0.126. The van der Waals surface area contributed by atoms with Crippen molar-refractivity contribution in [3.05, 3.63) is 76.4 Å². The molecule has 0 bridgehead atoms. The molecule has 0 aromatic heterocycles. The van der Waals surface area contributed by atoms with Crippen LogP contribution in [0.4, 0.5) is 20.6 Å². The molecule has 0 radical (unpaired) electrons. The van der Waals surface area contributed by atoms with Gasteiger partial charge in [-0.15, -0.1) is 0 Å².